The number of benzene rings is 2. The number of pyridine rings is 1. The minimum Gasteiger partial charge on any atom is -0.494 e. The van der Waals surface area contributed by atoms with Gasteiger partial charge in [-0.05, 0) is 36.8 Å². The summed E-state index contributed by atoms with van der Waals surface area (Å²) in [5, 5.41) is 6.47. The van der Waals surface area contributed by atoms with E-state index >= 15 is 0 Å². The number of rotatable bonds is 8. The van der Waals surface area contributed by atoms with Gasteiger partial charge >= 0.3 is 0 Å². The van der Waals surface area contributed by atoms with Crippen LogP contribution in [0.5, 0.6) is 11.5 Å². The summed E-state index contributed by atoms with van der Waals surface area (Å²) in [6.07, 6.45) is 2.64. The number of amides is 1. The molecule has 2 aromatic heterocycles. The molecule has 4 aromatic rings. The number of nitrogens with zero attached hydrogens (tertiary/aromatic N) is 1. The molecule has 0 aliphatic rings. The molecule has 4 rings (SSSR count). The molecular weight excluding hydrogens is 470 g/mol. The zero-order chi connectivity index (χ0) is 26.0. The maximum absolute atomic E-state index is 14.8. The van der Waals surface area contributed by atoms with Gasteiger partial charge in [-0.3, -0.25) is 9.59 Å². The average molecular weight is 492 g/mol. The molecule has 0 atom stereocenters. The van der Waals surface area contributed by atoms with E-state index < -0.39 is 23.0 Å². The van der Waals surface area contributed by atoms with Crippen molar-refractivity contribution in [3.8, 4) is 11.5 Å². The number of carbonyl (C=O) groups excluding carboxylic acids is 2. The second kappa shape index (κ2) is 9.87. The number of nitrogens with one attached hydrogen (secondary N) is 3. The number of hydrogen-bond donors (Lipinski definition) is 3. The molecule has 10 heteroatoms. The van der Waals surface area contributed by atoms with Gasteiger partial charge < -0.3 is 25.1 Å². The first-order chi connectivity index (χ1) is 17.3. The fraction of sp³-hybridized carbons (Fsp3) is 0.115. The van der Waals surface area contributed by atoms with E-state index in [0.717, 1.165) is 11.6 Å². The molecule has 0 unspecified atom stereocenters. The van der Waals surface area contributed by atoms with E-state index in [0.29, 0.717) is 28.1 Å². The van der Waals surface area contributed by atoms with Crippen molar-refractivity contribution in [1.29, 1.82) is 0 Å². The highest BCUT2D eigenvalue weighted by Gasteiger charge is 2.27. The van der Waals surface area contributed by atoms with Crippen molar-refractivity contribution in [2.24, 2.45) is 0 Å². The monoisotopic (exact) mass is 492 g/mol. The Morgan fingerprint density at radius 1 is 1.08 bits per heavy atom. The number of fused-ring (bicyclic) bond motifs is 1. The van der Waals surface area contributed by atoms with Crippen LogP contribution < -0.4 is 20.1 Å². The molecule has 0 spiro atoms. The molecule has 0 fully saturated rings. The summed E-state index contributed by atoms with van der Waals surface area (Å²) in [6.45, 7) is 5.32. The van der Waals surface area contributed by atoms with Crippen molar-refractivity contribution in [1.82, 2.24) is 9.97 Å². The fourth-order valence-corrected chi connectivity index (χ4v) is 3.69. The van der Waals surface area contributed by atoms with Crippen molar-refractivity contribution in [2.45, 2.75) is 6.92 Å². The smallest absolute Gasteiger partial charge is 0.247 e. The van der Waals surface area contributed by atoms with E-state index in [4.69, 9.17) is 9.47 Å². The highest BCUT2D eigenvalue weighted by Crippen LogP contribution is 2.34. The molecule has 1 amide bonds. The van der Waals surface area contributed by atoms with Crippen LogP contribution in [0.4, 0.5) is 26.0 Å². The highest BCUT2D eigenvalue weighted by atomic mass is 19.1. The van der Waals surface area contributed by atoms with Crippen LogP contribution in [0.15, 0.2) is 55.3 Å². The number of carbonyl (C=O) groups is 2. The first-order valence-electron chi connectivity index (χ1n) is 10.7. The topological polar surface area (TPSA) is 105 Å². The fourth-order valence-electron chi connectivity index (χ4n) is 3.69. The van der Waals surface area contributed by atoms with Gasteiger partial charge in [0.2, 0.25) is 11.7 Å². The van der Waals surface area contributed by atoms with E-state index in [1.807, 2.05) is 13.0 Å². The minimum atomic E-state index is -1.13. The molecule has 0 saturated carbocycles. The van der Waals surface area contributed by atoms with E-state index in [2.05, 4.69) is 27.2 Å². The number of H-pyrrole nitrogens is 1. The van der Waals surface area contributed by atoms with Crippen LogP contribution >= 0.6 is 0 Å². The number of aromatic amines is 1. The highest BCUT2D eigenvalue weighted by molar-refractivity contribution is 6.11. The number of methoxy groups -OCH3 is 2. The summed E-state index contributed by atoms with van der Waals surface area (Å²) in [7, 11) is 2.41. The van der Waals surface area contributed by atoms with Crippen LogP contribution in [0.3, 0.4) is 0 Å². The van der Waals surface area contributed by atoms with Crippen LogP contribution in [0.1, 0.15) is 21.6 Å². The summed E-state index contributed by atoms with van der Waals surface area (Å²) < 4.78 is 39.5. The Labute approximate surface area is 205 Å². The normalized spacial score (nSPS) is 10.7. The third-order valence-electron chi connectivity index (χ3n) is 5.52. The second-order valence-corrected chi connectivity index (χ2v) is 7.77. The number of aromatic nitrogens is 2. The summed E-state index contributed by atoms with van der Waals surface area (Å²) >= 11 is 0. The number of ketones is 1. The number of hydrogen-bond acceptors (Lipinski definition) is 6. The molecule has 8 nitrogen and oxygen atoms in total. The zero-order valence-electron chi connectivity index (χ0n) is 19.7. The lowest BCUT2D eigenvalue weighted by atomic mass is 10.1. The lowest BCUT2D eigenvalue weighted by molar-refractivity contribution is -0.111. The Bertz CT molecular complexity index is 1490. The maximum atomic E-state index is 14.8. The van der Waals surface area contributed by atoms with Gasteiger partial charge in [0.05, 0.1) is 43.0 Å². The van der Waals surface area contributed by atoms with Gasteiger partial charge in [-0.15, -0.1) is 0 Å². The average Bonchev–Trinajstić information content (AvgIpc) is 3.30. The van der Waals surface area contributed by atoms with Crippen molar-refractivity contribution in [3.63, 3.8) is 0 Å². The van der Waals surface area contributed by atoms with Crippen molar-refractivity contribution in [2.75, 3.05) is 24.9 Å². The molecular formula is C26H22F2N4O4. The predicted molar refractivity (Wildman–Crippen MR) is 132 cm³/mol. The van der Waals surface area contributed by atoms with Crippen LogP contribution in [0.25, 0.3) is 10.9 Å². The standard InChI is InChI=1S/C26H22F2N4O4/c1-5-21(33)31-15-8-6-7-13(2)25(15)32-20-10-14-9-16(30-17(14)12-29-20)26(34)22-23(27)18(35-3)11-19(36-4)24(22)28/h5-12,30H,1H2,2-4H3,(H,29,32)(H,31,33). The Morgan fingerprint density at radius 3 is 2.42 bits per heavy atom. The molecule has 2 aromatic carbocycles. The van der Waals surface area contributed by atoms with E-state index in [1.165, 1.54) is 32.6 Å². The summed E-state index contributed by atoms with van der Waals surface area (Å²) in [5.41, 5.74) is 1.63. The third-order valence-corrected chi connectivity index (χ3v) is 5.52. The van der Waals surface area contributed by atoms with Gasteiger partial charge in [0.1, 0.15) is 11.4 Å². The van der Waals surface area contributed by atoms with Gasteiger partial charge in [0.25, 0.3) is 0 Å². The van der Waals surface area contributed by atoms with Gasteiger partial charge in [-0.1, -0.05) is 18.7 Å². The molecule has 0 aliphatic carbocycles. The lowest BCUT2D eigenvalue weighted by Gasteiger charge is -2.14. The molecule has 0 radical (unpaired) electrons. The molecule has 2 heterocycles. The largest absolute Gasteiger partial charge is 0.494 e. The molecule has 0 bridgehead atoms. The van der Waals surface area contributed by atoms with Crippen molar-refractivity contribution < 1.29 is 27.8 Å². The first kappa shape index (κ1) is 24.4. The number of aryl methyl sites for hydroxylation is 1. The predicted octanol–water partition coefficient (Wildman–Crippen LogP) is 5.27. The Morgan fingerprint density at radius 2 is 1.78 bits per heavy atom. The summed E-state index contributed by atoms with van der Waals surface area (Å²) in [4.78, 5) is 32.1. The Balaban J connectivity index is 1.70. The third kappa shape index (κ3) is 4.48. The molecule has 0 saturated heterocycles. The van der Waals surface area contributed by atoms with Gasteiger partial charge in [0.15, 0.2) is 23.1 Å². The van der Waals surface area contributed by atoms with E-state index in [9.17, 15) is 18.4 Å². The number of para-hydroxylation sites is 1. The second-order valence-electron chi connectivity index (χ2n) is 7.77. The minimum absolute atomic E-state index is 0.0492. The van der Waals surface area contributed by atoms with Gasteiger partial charge in [-0.25, -0.2) is 13.8 Å². The molecule has 3 N–H and O–H groups in total. The summed E-state index contributed by atoms with van der Waals surface area (Å²) in [6, 6.07) is 9.55. The number of ether oxygens (including phenoxy) is 2. The van der Waals surface area contributed by atoms with Crippen LogP contribution in [0, 0.1) is 18.6 Å². The quantitative estimate of drug-likeness (QED) is 0.229. The van der Waals surface area contributed by atoms with Gasteiger partial charge in [0, 0.05) is 11.5 Å². The van der Waals surface area contributed by atoms with Gasteiger partial charge in [-0.2, -0.15) is 0 Å². The van der Waals surface area contributed by atoms with E-state index in [-0.39, 0.29) is 23.1 Å². The Hall–Kier alpha value is -4.73. The maximum Gasteiger partial charge on any atom is 0.247 e. The van der Waals surface area contributed by atoms with Crippen molar-refractivity contribution in [3.05, 3.63) is 83.7 Å². The molecule has 36 heavy (non-hydrogen) atoms. The number of anilines is 3. The van der Waals surface area contributed by atoms with Crippen molar-refractivity contribution >= 4 is 39.8 Å². The van der Waals surface area contributed by atoms with Crippen LogP contribution in [-0.2, 0) is 4.79 Å². The molecule has 184 valence electrons. The lowest BCUT2D eigenvalue weighted by Crippen LogP contribution is -2.10. The summed E-state index contributed by atoms with van der Waals surface area (Å²) in [5.74, 6) is -3.76. The Kier molecular flexibility index (Phi) is 6.69. The zero-order valence-corrected chi connectivity index (χ0v) is 19.7. The first-order valence-corrected chi connectivity index (χ1v) is 10.7. The van der Waals surface area contributed by atoms with Crippen LogP contribution in [0.2, 0.25) is 0 Å². The van der Waals surface area contributed by atoms with E-state index in [1.54, 1.807) is 18.2 Å². The molecule has 0 aliphatic heterocycles. The van der Waals surface area contributed by atoms with Crippen LogP contribution in [-0.4, -0.2) is 35.9 Å². The SMILES string of the molecule is C=CC(=O)Nc1cccc(C)c1Nc1cc2cc(C(=O)c3c(F)c(OC)cc(OC)c3F)[nH]c2cn1. The number of halogens is 2.